The van der Waals surface area contributed by atoms with Gasteiger partial charge in [0.2, 0.25) is 5.76 Å². The fourth-order valence-electron chi connectivity index (χ4n) is 0.581. The van der Waals surface area contributed by atoms with Crippen LogP contribution in [0.2, 0.25) is 0 Å². The fourth-order valence-corrected chi connectivity index (χ4v) is 0.581. The first-order valence-corrected chi connectivity index (χ1v) is 2.79. The fraction of sp³-hybridized carbons (Fsp3) is 0.286. The van der Waals surface area contributed by atoms with E-state index in [1.165, 1.54) is 0 Å². The van der Waals surface area contributed by atoms with Gasteiger partial charge in [-0.1, -0.05) is 0 Å². The monoisotopic (exact) mass is 125 g/mol. The van der Waals surface area contributed by atoms with Crippen LogP contribution in [0, 0.1) is 13.8 Å². The van der Waals surface area contributed by atoms with E-state index in [-0.39, 0.29) is 5.63 Å². The molecule has 0 aromatic carbocycles. The second-order valence-electron chi connectivity index (χ2n) is 2.03. The molecule has 1 heterocycles. The highest BCUT2D eigenvalue weighted by Crippen LogP contribution is 1.92. The maximum Gasteiger partial charge on any atom is 0.519 e. The second-order valence-corrected chi connectivity index (χ2v) is 2.03. The minimum atomic E-state index is 0.00926. The molecule has 1 aromatic rings. The molecule has 48 valence electrons. The van der Waals surface area contributed by atoms with Crippen molar-refractivity contribution in [3.8, 4) is 0 Å². The van der Waals surface area contributed by atoms with Gasteiger partial charge in [0.25, 0.3) is 0 Å². The molecule has 0 saturated carbocycles. The third-order valence-electron chi connectivity index (χ3n) is 1.16. The molecular weight excluding hydrogens is 116 g/mol. The van der Waals surface area contributed by atoms with Gasteiger partial charge in [0.1, 0.15) is 0 Å². The summed E-state index contributed by atoms with van der Waals surface area (Å²) in [4.78, 5) is 8.93. The van der Waals surface area contributed by atoms with Gasteiger partial charge in [-0.05, 0) is 13.0 Å². The van der Waals surface area contributed by atoms with E-state index in [0.29, 0.717) is 0 Å². The van der Waals surface area contributed by atoms with Crippen LogP contribution in [-0.2, 0) is 0 Å². The smallest absolute Gasteiger partial charge is 0.335 e. The molecule has 1 N–H and O–H groups in total. The van der Waals surface area contributed by atoms with Gasteiger partial charge in [0.05, 0.1) is 5.56 Å². The quantitative estimate of drug-likeness (QED) is 0.474. The van der Waals surface area contributed by atoms with E-state index in [1.54, 1.807) is 13.8 Å². The zero-order chi connectivity index (χ0) is 6.85. The largest absolute Gasteiger partial charge is 0.519 e. The molecule has 0 aliphatic heterocycles. The third kappa shape index (κ3) is 1.19. The lowest BCUT2D eigenvalue weighted by Gasteiger charge is -1.80. The molecule has 0 saturated heterocycles. The summed E-state index contributed by atoms with van der Waals surface area (Å²) in [5, 5.41) is 0. The van der Waals surface area contributed by atoms with Crippen molar-refractivity contribution in [3.63, 3.8) is 0 Å². The molecule has 0 aliphatic rings. The summed E-state index contributed by atoms with van der Waals surface area (Å²) in [5.74, 6) is 0.720. The van der Waals surface area contributed by atoms with Crippen LogP contribution >= 0.6 is 0 Å². The molecule has 0 spiro atoms. The molecule has 1 aromatic heterocycles. The summed E-state index contributed by atoms with van der Waals surface area (Å²) in [6.07, 6.45) is 0. The summed E-state index contributed by atoms with van der Waals surface area (Å²) in [6.45, 7) is 3.58. The first-order valence-electron chi connectivity index (χ1n) is 2.79. The van der Waals surface area contributed by atoms with Gasteiger partial charge in [0.15, 0.2) is 0 Å². The van der Waals surface area contributed by atoms with E-state index in [4.69, 9.17) is 9.21 Å². The van der Waals surface area contributed by atoms with Crippen LogP contribution in [-0.4, -0.2) is 4.79 Å². The second kappa shape index (κ2) is 2.05. The summed E-state index contributed by atoms with van der Waals surface area (Å²) in [5.41, 5.74) is 0.774. The van der Waals surface area contributed by atoms with Crippen molar-refractivity contribution >= 4 is 0 Å². The Morgan fingerprint density at radius 1 is 1.33 bits per heavy atom. The Labute approximate surface area is 53.1 Å². The van der Waals surface area contributed by atoms with Crippen molar-refractivity contribution in [2.24, 2.45) is 0 Å². The van der Waals surface area contributed by atoms with E-state index in [1.807, 2.05) is 12.1 Å². The van der Waals surface area contributed by atoms with Gasteiger partial charge in [-0.25, -0.2) is 0 Å². The van der Waals surface area contributed by atoms with Crippen LogP contribution in [0.25, 0.3) is 0 Å². The molecule has 2 nitrogen and oxygen atoms in total. The van der Waals surface area contributed by atoms with Crippen LogP contribution in [0.5, 0.6) is 0 Å². The van der Waals surface area contributed by atoms with Crippen molar-refractivity contribution in [2.75, 3.05) is 0 Å². The van der Waals surface area contributed by atoms with Gasteiger partial charge in [-0.3, -0.25) is 4.42 Å². The van der Waals surface area contributed by atoms with E-state index in [2.05, 4.69) is 0 Å². The van der Waals surface area contributed by atoms with E-state index < -0.39 is 0 Å². The van der Waals surface area contributed by atoms with E-state index in [0.717, 1.165) is 11.3 Å². The normalized spacial score (nSPS) is 9.56. The average molecular weight is 125 g/mol. The average Bonchev–Trinajstić information content (AvgIpc) is 1.80. The first-order chi connectivity index (χ1) is 4.20. The molecule has 0 bridgehead atoms. The molecule has 1 rings (SSSR count). The Balaban J connectivity index is 3.34. The van der Waals surface area contributed by atoms with Crippen molar-refractivity contribution in [1.82, 2.24) is 0 Å². The first kappa shape index (κ1) is 6.08. The molecular formula is C7H9O2+. The zero-order valence-corrected chi connectivity index (χ0v) is 5.51. The number of rotatable bonds is 0. The minimum absolute atomic E-state index is 0.00926. The van der Waals surface area contributed by atoms with Gasteiger partial charge in [-0.15, -0.1) is 0 Å². The van der Waals surface area contributed by atoms with Gasteiger partial charge < -0.3 is 4.79 Å². The molecule has 9 heavy (non-hydrogen) atoms. The topological polar surface area (TPSA) is 34.5 Å². The van der Waals surface area contributed by atoms with Crippen molar-refractivity contribution in [2.45, 2.75) is 13.8 Å². The summed E-state index contributed by atoms with van der Waals surface area (Å²) >= 11 is 0. The number of hydrogen-bond donors (Lipinski definition) is 0. The maximum atomic E-state index is 8.93. The van der Waals surface area contributed by atoms with Gasteiger partial charge in [0, 0.05) is 13.0 Å². The van der Waals surface area contributed by atoms with E-state index in [9.17, 15) is 0 Å². The minimum Gasteiger partial charge on any atom is -0.335 e. The van der Waals surface area contributed by atoms with Gasteiger partial charge >= 0.3 is 5.63 Å². The lowest BCUT2D eigenvalue weighted by molar-refractivity contribution is 0.347. The molecule has 0 atom stereocenters. The third-order valence-corrected chi connectivity index (χ3v) is 1.16. The Morgan fingerprint density at radius 3 is 2.44 bits per heavy atom. The Morgan fingerprint density at radius 2 is 2.00 bits per heavy atom. The number of hydrogen-bond acceptors (Lipinski definition) is 1. The Kier molecular flexibility index (Phi) is 1.39. The molecule has 2 heteroatoms. The highest BCUT2D eigenvalue weighted by Gasteiger charge is 2.00. The lowest BCUT2D eigenvalue weighted by Crippen LogP contribution is -2.04. The molecule has 0 unspecified atom stereocenters. The molecule has 0 fully saturated rings. The summed E-state index contributed by atoms with van der Waals surface area (Å²) < 4.78 is 4.86. The Hall–Kier alpha value is -1.05. The van der Waals surface area contributed by atoms with Crippen LogP contribution in [0.15, 0.2) is 16.5 Å². The van der Waals surface area contributed by atoms with Crippen LogP contribution < -0.4 is 5.63 Å². The van der Waals surface area contributed by atoms with Gasteiger partial charge in [-0.2, -0.15) is 0 Å². The SMILES string of the molecule is Cc1ccc(C)c(=[OH+])o1. The Bertz CT molecular complexity index is 260. The summed E-state index contributed by atoms with van der Waals surface area (Å²) in [6, 6.07) is 3.63. The van der Waals surface area contributed by atoms with Crippen LogP contribution in [0.4, 0.5) is 0 Å². The highest BCUT2D eigenvalue weighted by molar-refractivity contribution is 5.05. The maximum absolute atomic E-state index is 8.93. The number of aryl methyl sites for hydroxylation is 2. The molecule has 0 amide bonds. The van der Waals surface area contributed by atoms with E-state index >= 15 is 0 Å². The zero-order valence-electron chi connectivity index (χ0n) is 5.51. The molecule has 0 radical (unpaired) electrons. The summed E-state index contributed by atoms with van der Waals surface area (Å²) in [7, 11) is 0. The van der Waals surface area contributed by atoms with Crippen LogP contribution in [0.3, 0.4) is 0 Å². The van der Waals surface area contributed by atoms with Crippen molar-refractivity contribution < 1.29 is 9.21 Å². The standard InChI is InChI=1S/C7H8O2/c1-5-3-4-6(2)9-7(5)8/h3-4H,1-2H3/p+1. The predicted octanol–water partition coefficient (Wildman–Crippen LogP) is 0.901. The van der Waals surface area contributed by atoms with Crippen molar-refractivity contribution in [1.29, 1.82) is 0 Å². The van der Waals surface area contributed by atoms with Crippen LogP contribution in [0.1, 0.15) is 11.3 Å². The lowest BCUT2D eigenvalue weighted by atomic mass is 10.3. The molecule has 0 aliphatic carbocycles. The predicted molar refractivity (Wildman–Crippen MR) is 33.3 cm³/mol. The van der Waals surface area contributed by atoms with Crippen molar-refractivity contribution in [3.05, 3.63) is 29.1 Å². The highest BCUT2D eigenvalue weighted by atomic mass is 16.4.